The molecular weight excluding hydrogens is 512 g/mol. The van der Waals surface area contributed by atoms with Crippen LogP contribution in [0.3, 0.4) is 0 Å². The van der Waals surface area contributed by atoms with Crippen molar-refractivity contribution in [1.82, 2.24) is 4.98 Å². The average Bonchev–Trinajstić information content (AvgIpc) is 3.43. The Morgan fingerprint density at radius 2 is 1.12 bits per heavy atom. The first kappa shape index (κ1) is 24.2. The van der Waals surface area contributed by atoms with E-state index in [9.17, 15) is 0 Å². The van der Waals surface area contributed by atoms with Gasteiger partial charge in [-0.05, 0) is 63.9 Å². The number of benzene rings is 6. The highest BCUT2D eigenvalue weighted by Gasteiger charge is 2.22. The number of pyridine rings is 1. The second-order valence-electron chi connectivity index (χ2n) is 10.4. The van der Waals surface area contributed by atoms with Crippen LogP contribution in [0.5, 0.6) is 0 Å². The molecule has 0 spiro atoms. The van der Waals surface area contributed by atoms with Crippen LogP contribution in [-0.4, -0.2) is 4.98 Å². The third kappa shape index (κ3) is 4.11. The zero-order valence-corrected chi connectivity index (χ0v) is 22.8. The van der Waals surface area contributed by atoms with Gasteiger partial charge in [-0.1, -0.05) is 115 Å². The van der Waals surface area contributed by atoms with Gasteiger partial charge in [-0.3, -0.25) is 0 Å². The minimum Gasteiger partial charge on any atom is -0.438 e. The predicted octanol–water partition coefficient (Wildman–Crippen LogP) is 10.9. The van der Waals surface area contributed by atoms with Crippen LogP contribution < -0.4 is 4.90 Å². The van der Waals surface area contributed by atoms with Crippen molar-refractivity contribution >= 4 is 49.9 Å². The lowest BCUT2D eigenvalue weighted by Gasteiger charge is -2.28. The van der Waals surface area contributed by atoms with Gasteiger partial charge in [0, 0.05) is 22.8 Å². The SMILES string of the molecule is c1ccc(-c2ccc(N(c3ccccc3-c3ccccc3)c3ccnc4oc5cc6ccccc6cc5c34)cc2)cc1. The molecule has 0 amide bonds. The summed E-state index contributed by atoms with van der Waals surface area (Å²) in [5, 5.41) is 4.36. The average molecular weight is 539 g/mol. The highest BCUT2D eigenvalue weighted by atomic mass is 16.3. The molecular formula is C39H26N2O. The number of furan rings is 1. The maximum absolute atomic E-state index is 6.38. The molecule has 0 bridgehead atoms. The van der Waals surface area contributed by atoms with E-state index < -0.39 is 0 Å². The zero-order valence-electron chi connectivity index (χ0n) is 22.8. The molecule has 0 aliphatic carbocycles. The fourth-order valence-electron chi connectivity index (χ4n) is 5.93. The third-order valence-electron chi connectivity index (χ3n) is 7.92. The van der Waals surface area contributed by atoms with Crippen LogP contribution in [0.15, 0.2) is 162 Å². The summed E-state index contributed by atoms with van der Waals surface area (Å²) < 4.78 is 6.38. The van der Waals surface area contributed by atoms with Gasteiger partial charge in [0.1, 0.15) is 5.58 Å². The van der Waals surface area contributed by atoms with Gasteiger partial charge in [-0.2, -0.15) is 0 Å². The molecule has 2 heterocycles. The Hall–Kier alpha value is -5.67. The van der Waals surface area contributed by atoms with E-state index in [2.05, 4.69) is 155 Å². The monoisotopic (exact) mass is 538 g/mol. The molecule has 8 rings (SSSR count). The maximum atomic E-state index is 6.38. The topological polar surface area (TPSA) is 29.3 Å². The smallest absolute Gasteiger partial charge is 0.229 e. The highest BCUT2D eigenvalue weighted by Crippen LogP contribution is 2.46. The van der Waals surface area contributed by atoms with Gasteiger partial charge >= 0.3 is 0 Å². The third-order valence-corrected chi connectivity index (χ3v) is 7.92. The summed E-state index contributed by atoms with van der Waals surface area (Å²) in [7, 11) is 0. The van der Waals surface area contributed by atoms with Gasteiger partial charge in [0.05, 0.1) is 16.8 Å². The minimum absolute atomic E-state index is 0.626. The van der Waals surface area contributed by atoms with Gasteiger partial charge in [-0.25, -0.2) is 4.98 Å². The van der Waals surface area contributed by atoms with Crippen molar-refractivity contribution in [2.45, 2.75) is 0 Å². The fraction of sp³-hybridized carbons (Fsp3) is 0. The maximum Gasteiger partial charge on any atom is 0.229 e. The van der Waals surface area contributed by atoms with E-state index in [0.29, 0.717) is 5.71 Å². The van der Waals surface area contributed by atoms with Gasteiger partial charge in [0.2, 0.25) is 5.71 Å². The van der Waals surface area contributed by atoms with E-state index in [0.717, 1.165) is 49.9 Å². The first-order chi connectivity index (χ1) is 20.8. The number of para-hydroxylation sites is 1. The molecule has 0 radical (unpaired) electrons. The predicted molar refractivity (Wildman–Crippen MR) is 175 cm³/mol. The molecule has 0 aliphatic heterocycles. The Morgan fingerprint density at radius 3 is 1.88 bits per heavy atom. The minimum atomic E-state index is 0.626. The molecule has 3 nitrogen and oxygen atoms in total. The second-order valence-corrected chi connectivity index (χ2v) is 10.4. The van der Waals surface area contributed by atoms with Crippen molar-refractivity contribution in [2.24, 2.45) is 0 Å². The summed E-state index contributed by atoms with van der Waals surface area (Å²) in [5.74, 6) is 0. The Kier molecular flexibility index (Phi) is 5.79. The van der Waals surface area contributed by atoms with Crippen LogP contribution in [0.25, 0.3) is 55.1 Å². The highest BCUT2D eigenvalue weighted by molar-refractivity contribution is 6.15. The molecule has 0 saturated carbocycles. The number of hydrogen-bond acceptors (Lipinski definition) is 3. The Balaban J connectivity index is 1.40. The number of anilines is 3. The van der Waals surface area contributed by atoms with Crippen molar-refractivity contribution in [3.8, 4) is 22.3 Å². The number of hydrogen-bond donors (Lipinski definition) is 0. The molecule has 0 unspecified atom stereocenters. The van der Waals surface area contributed by atoms with Crippen molar-refractivity contribution < 1.29 is 4.42 Å². The lowest BCUT2D eigenvalue weighted by Crippen LogP contribution is -2.11. The number of nitrogens with zero attached hydrogens (tertiary/aromatic N) is 2. The zero-order chi connectivity index (χ0) is 27.9. The van der Waals surface area contributed by atoms with Crippen molar-refractivity contribution in [3.05, 3.63) is 158 Å². The van der Waals surface area contributed by atoms with E-state index in [4.69, 9.17) is 4.42 Å². The number of rotatable bonds is 5. The summed E-state index contributed by atoms with van der Waals surface area (Å²) >= 11 is 0. The standard InChI is InChI=1S/C39H26N2O/c1-3-11-27(12-4-1)28-19-21-32(22-20-28)41(35-18-10-9-17-33(35)29-13-5-2-6-14-29)36-23-24-40-39-38(36)34-25-30-15-7-8-16-31(30)26-37(34)42-39/h1-26H. The van der Waals surface area contributed by atoms with E-state index in [-0.39, 0.29) is 0 Å². The normalized spacial score (nSPS) is 11.3. The van der Waals surface area contributed by atoms with Crippen molar-refractivity contribution in [1.29, 1.82) is 0 Å². The molecule has 42 heavy (non-hydrogen) atoms. The van der Waals surface area contributed by atoms with Gasteiger partial charge in [0.25, 0.3) is 0 Å². The van der Waals surface area contributed by atoms with Crippen LogP contribution in [0.1, 0.15) is 0 Å². The summed E-state index contributed by atoms with van der Waals surface area (Å²) in [5.41, 5.74) is 9.29. The Morgan fingerprint density at radius 1 is 0.500 bits per heavy atom. The lowest BCUT2D eigenvalue weighted by atomic mass is 10.0. The largest absolute Gasteiger partial charge is 0.438 e. The van der Waals surface area contributed by atoms with Crippen LogP contribution in [0, 0.1) is 0 Å². The molecule has 2 aromatic heterocycles. The summed E-state index contributed by atoms with van der Waals surface area (Å²) in [6, 6.07) is 53.3. The van der Waals surface area contributed by atoms with E-state index in [1.807, 2.05) is 12.3 Å². The van der Waals surface area contributed by atoms with Gasteiger partial charge in [-0.15, -0.1) is 0 Å². The molecule has 0 N–H and O–H groups in total. The van der Waals surface area contributed by atoms with Crippen molar-refractivity contribution in [3.63, 3.8) is 0 Å². The Labute approximate surface area is 243 Å². The number of aromatic nitrogens is 1. The first-order valence-corrected chi connectivity index (χ1v) is 14.1. The summed E-state index contributed by atoms with van der Waals surface area (Å²) in [4.78, 5) is 7.02. The van der Waals surface area contributed by atoms with E-state index in [1.54, 1.807) is 0 Å². The molecule has 0 fully saturated rings. The fourth-order valence-corrected chi connectivity index (χ4v) is 5.93. The second kappa shape index (κ2) is 10.1. The summed E-state index contributed by atoms with van der Waals surface area (Å²) in [6.45, 7) is 0. The van der Waals surface area contributed by atoms with Crippen LogP contribution in [0.4, 0.5) is 17.1 Å². The van der Waals surface area contributed by atoms with Crippen LogP contribution in [0.2, 0.25) is 0 Å². The lowest BCUT2D eigenvalue weighted by molar-refractivity contribution is 0.654. The molecule has 0 atom stereocenters. The Bertz CT molecular complexity index is 2180. The van der Waals surface area contributed by atoms with Gasteiger partial charge in [0.15, 0.2) is 0 Å². The quantitative estimate of drug-likeness (QED) is 0.218. The number of fused-ring (bicyclic) bond motifs is 4. The van der Waals surface area contributed by atoms with Crippen molar-refractivity contribution in [2.75, 3.05) is 4.90 Å². The molecule has 198 valence electrons. The summed E-state index contributed by atoms with van der Waals surface area (Å²) in [6.07, 6.45) is 1.84. The molecule has 3 heteroatoms. The molecule has 8 aromatic rings. The van der Waals surface area contributed by atoms with Gasteiger partial charge < -0.3 is 9.32 Å². The first-order valence-electron chi connectivity index (χ1n) is 14.1. The van der Waals surface area contributed by atoms with E-state index >= 15 is 0 Å². The van der Waals surface area contributed by atoms with E-state index in [1.165, 1.54) is 16.5 Å². The molecule has 0 aliphatic rings. The molecule has 0 saturated heterocycles. The van der Waals surface area contributed by atoms with Crippen LogP contribution in [-0.2, 0) is 0 Å². The van der Waals surface area contributed by atoms with Crippen LogP contribution >= 0.6 is 0 Å². The molecule has 6 aromatic carbocycles.